The van der Waals surface area contributed by atoms with Crippen molar-refractivity contribution < 1.29 is 14.0 Å². The summed E-state index contributed by atoms with van der Waals surface area (Å²) in [5, 5.41) is 2.89. The van der Waals surface area contributed by atoms with Gasteiger partial charge in [0.1, 0.15) is 5.82 Å². The highest BCUT2D eigenvalue weighted by Crippen LogP contribution is 2.25. The highest BCUT2D eigenvalue weighted by Gasteiger charge is 2.24. The van der Waals surface area contributed by atoms with E-state index in [4.69, 9.17) is 0 Å². The third-order valence-electron chi connectivity index (χ3n) is 4.68. The third kappa shape index (κ3) is 4.10. The number of rotatable bonds is 3. The summed E-state index contributed by atoms with van der Waals surface area (Å²) in [5.74, 6) is -0.408. The summed E-state index contributed by atoms with van der Waals surface area (Å²) in [6.45, 7) is 4.61. The topological polar surface area (TPSA) is 49.4 Å². The van der Waals surface area contributed by atoms with Gasteiger partial charge in [0.15, 0.2) is 0 Å². The van der Waals surface area contributed by atoms with Crippen molar-refractivity contribution in [2.45, 2.75) is 32.7 Å². The monoisotopic (exact) mass is 354 g/mol. The molecule has 0 spiro atoms. The van der Waals surface area contributed by atoms with Gasteiger partial charge in [0.25, 0.3) is 5.91 Å². The standard InChI is InChI=1S/C21H23FN2O2/c1-14-5-10-20(22)19(12-14)16-6-8-17(9-7-16)21(26)24-11-3-4-18(13-24)23-15(2)25/h5-10,12,18H,3-4,11,13H2,1-2H3,(H,23,25)/t18-/m1/s1. The van der Waals surface area contributed by atoms with E-state index in [-0.39, 0.29) is 23.7 Å². The minimum atomic E-state index is -0.274. The van der Waals surface area contributed by atoms with Crippen LogP contribution in [-0.4, -0.2) is 35.8 Å². The molecule has 0 aromatic heterocycles. The van der Waals surface area contributed by atoms with Crippen molar-refractivity contribution in [3.63, 3.8) is 0 Å². The summed E-state index contributed by atoms with van der Waals surface area (Å²) in [6.07, 6.45) is 1.75. The molecule has 1 aliphatic rings. The first-order valence-electron chi connectivity index (χ1n) is 8.87. The van der Waals surface area contributed by atoms with Crippen molar-refractivity contribution in [1.29, 1.82) is 0 Å². The molecule has 2 aromatic carbocycles. The van der Waals surface area contributed by atoms with Crippen molar-refractivity contribution >= 4 is 11.8 Å². The first-order valence-corrected chi connectivity index (χ1v) is 8.87. The van der Waals surface area contributed by atoms with Crippen LogP contribution in [0.25, 0.3) is 11.1 Å². The minimum Gasteiger partial charge on any atom is -0.352 e. The Balaban J connectivity index is 1.74. The Bertz CT molecular complexity index is 817. The Kier molecular flexibility index (Phi) is 5.35. The van der Waals surface area contributed by atoms with Crippen LogP contribution in [-0.2, 0) is 4.79 Å². The Morgan fingerprint density at radius 1 is 1.15 bits per heavy atom. The summed E-state index contributed by atoms with van der Waals surface area (Å²) in [7, 11) is 0. The van der Waals surface area contributed by atoms with E-state index in [1.165, 1.54) is 13.0 Å². The molecule has 0 bridgehead atoms. The van der Waals surface area contributed by atoms with E-state index in [1.807, 2.05) is 6.92 Å². The molecule has 1 N–H and O–H groups in total. The van der Waals surface area contributed by atoms with E-state index >= 15 is 0 Å². The highest BCUT2D eigenvalue weighted by molar-refractivity contribution is 5.95. The molecule has 1 atom stereocenters. The van der Waals surface area contributed by atoms with Gasteiger partial charge in [0.05, 0.1) is 0 Å². The molecule has 136 valence electrons. The van der Waals surface area contributed by atoms with E-state index in [1.54, 1.807) is 41.3 Å². The maximum atomic E-state index is 14.0. The van der Waals surface area contributed by atoms with Gasteiger partial charge >= 0.3 is 0 Å². The Morgan fingerprint density at radius 2 is 1.88 bits per heavy atom. The molecule has 0 unspecified atom stereocenters. The average Bonchev–Trinajstić information content (AvgIpc) is 2.63. The second kappa shape index (κ2) is 7.68. The van der Waals surface area contributed by atoms with Crippen molar-refractivity contribution in [2.24, 2.45) is 0 Å². The molecular weight excluding hydrogens is 331 g/mol. The van der Waals surface area contributed by atoms with E-state index in [0.29, 0.717) is 24.2 Å². The lowest BCUT2D eigenvalue weighted by atomic mass is 10.0. The average molecular weight is 354 g/mol. The number of nitrogens with zero attached hydrogens (tertiary/aromatic N) is 1. The first-order chi connectivity index (χ1) is 12.4. The van der Waals surface area contributed by atoms with Crippen molar-refractivity contribution in [1.82, 2.24) is 10.2 Å². The van der Waals surface area contributed by atoms with Crippen LogP contribution < -0.4 is 5.32 Å². The predicted molar refractivity (Wildman–Crippen MR) is 99.3 cm³/mol. The SMILES string of the molecule is CC(=O)N[C@@H]1CCCN(C(=O)c2ccc(-c3cc(C)ccc3F)cc2)C1. The zero-order chi connectivity index (χ0) is 18.7. The fraction of sp³-hybridized carbons (Fsp3) is 0.333. The van der Waals surface area contributed by atoms with Gasteiger partial charge in [-0.25, -0.2) is 4.39 Å². The predicted octanol–water partition coefficient (Wildman–Crippen LogP) is 3.54. The molecule has 1 fully saturated rings. The number of benzene rings is 2. The number of amides is 2. The smallest absolute Gasteiger partial charge is 0.253 e. The number of halogens is 1. The fourth-order valence-corrected chi connectivity index (χ4v) is 3.40. The summed E-state index contributed by atoms with van der Waals surface area (Å²) in [5.41, 5.74) is 2.84. The quantitative estimate of drug-likeness (QED) is 0.916. The van der Waals surface area contributed by atoms with Gasteiger partial charge in [0, 0.05) is 37.2 Å². The number of carbonyl (C=O) groups is 2. The van der Waals surface area contributed by atoms with Crippen molar-refractivity contribution in [2.75, 3.05) is 13.1 Å². The number of likely N-dealkylation sites (tertiary alicyclic amines) is 1. The zero-order valence-electron chi connectivity index (χ0n) is 15.1. The van der Waals surface area contributed by atoms with E-state index in [9.17, 15) is 14.0 Å². The molecule has 0 radical (unpaired) electrons. The second-order valence-electron chi connectivity index (χ2n) is 6.85. The summed E-state index contributed by atoms with van der Waals surface area (Å²) >= 11 is 0. The van der Waals surface area contributed by atoms with Crippen LogP contribution in [0.1, 0.15) is 35.7 Å². The highest BCUT2D eigenvalue weighted by atomic mass is 19.1. The normalized spacial score (nSPS) is 17.0. The van der Waals surface area contributed by atoms with Crippen LogP contribution in [0.5, 0.6) is 0 Å². The number of nitrogens with one attached hydrogen (secondary N) is 1. The molecule has 0 aliphatic carbocycles. The van der Waals surface area contributed by atoms with Gasteiger partial charge < -0.3 is 10.2 Å². The number of piperidine rings is 1. The van der Waals surface area contributed by atoms with Gasteiger partial charge in [-0.1, -0.05) is 23.8 Å². The number of hydrogen-bond donors (Lipinski definition) is 1. The molecule has 1 heterocycles. The van der Waals surface area contributed by atoms with Gasteiger partial charge in [0.2, 0.25) is 5.91 Å². The molecule has 2 aromatic rings. The van der Waals surface area contributed by atoms with Crippen molar-refractivity contribution in [3.05, 3.63) is 59.4 Å². The van der Waals surface area contributed by atoms with Gasteiger partial charge in [-0.3, -0.25) is 9.59 Å². The first kappa shape index (κ1) is 18.1. The molecule has 2 amide bonds. The fourth-order valence-electron chi connectivity index (χ4n) is 3.40. The van der Waals surface area contributed by atoms with Crippen LogP contribution in [0.2, 0.25) is 0 Å². The molecule has 5 heteroatoms. The lowest BCUT2D eigenvalue weighted by Gasteiger charge is -2.33. The van der Waals surface area contributed by atoms with Crippen LogP contribution in [0.4, 0.5) is 4.39 Å². The summed E-state index contributed by atoms with van der Waals surface area (Å²) < 4.78 is 14.0. The van der Waals surface area contributed by atoms with E-state index in [0.717, 1.165) is 24.0 Å². The zero-order valence-corrected chi connectivity index (χ0v) is 15.1. The maximum Gasteiger partial charge on any atom is 0.253 e. The molecule has 1 saturated heterocycles. The molecule has 26 heavy (non-hydrogen) atoms. The Hall–Kier alpha value is -2.69. The van der Waals surface area contributed by atoms with Crippen LogP contribution in [0, 0.1) is 12.7 Å². The molecule has 1 aliphatic heterocycles. The number of carbonyl (C=O) groups excluding carboxylic acids is 2. The Morgan fingerprint density at radius 3 is 2.58 bits per heavy atom. The van der Waals surface area contributed by atoms with E-state index < -0.39 is 0 Å². The second-order valence-corrected chi connectivity index (χ2v) is 6.85. The largest absolute Gasteiger partial charge is 0.352 e. The minimum absolute atomic E-state index is 0.00543. The number of aryl methyl sites for hydroxylation is 1. The molecular formula is C21H23FN2O2. The van der Waals surface area contributed by atoms with Crippen molar-refractivity contribution in [3.8, 4) is 11.1 Å². The summed E-state index contributed by atoms with van der Waals surface area (Å²) in [4.78, 5) is 25.7. The Labute approximate surface area is 153 Å². The van der Waals surface area contributed by atoms with Gasteiger partial charge in [-0.2, -0.15) is 0 Å². The third-order valence-corrected chi connectivity index (χ3v) is 4.68. The molecule has 4 nitrogen and oxygen atoms in total. The maximum absolute atomic E-state index is 14.0. The van der Waals surface area contributed by atoms with Crippen LogP contribution in [0.3, 0.4) is 0 Å². The summed E-state index contributed by atoms with van der Waals surface area (Å²) in [6, 6.07) is 12.0. The van der Waals surface area contributed by atoms with Gasteiger partial charge in [-0.05, 0) is 49.6 Å². The molecule has 3 rings (SSSR count). The number of hydrogen-bond acceptors (Lipinski definition) is 2. The van der Waals surface area contributed by atoms with Crippen LogP contribution in [0.15, 0.2) is 42.5 Å². The van der Waals surface area contributed by atoms with E-state index in [2.05, 4.69) is 5.32 Å². The molecule has 0 saturated carbocycles. The lowest BCUT2D eigenvalue weighted by Crippen LogP contribution is -2.49. The van der Waals surface area contributed by atoms with Crippen LogP contribution >= 0.6 is 0 Å². The van der Waals surface area contributed by atoms with Gasteiger partial charge in [-0.15, -0.1) is 0 Å². The lowest BCUT2D eigenvalue weighted by molar-refractivity contribution is -0.120.